The molecule has 0 fully saturated rings. The molecule has 0 bridgehead atoms. The molecule has 9 heavy (non-hydrogen) atoms. The maximum absolute atomic E-state index is 4.03. The zero-order valence-corrected chi connectivity index (χ0v) is 6.02. The van der Waals surface area contributed by atoms with E-state index in [0.29, 0.717) is 0 Å². The minimum atomic E-state index is 0.744. The van der Waals surface area contributed by atoms with Crippen molar-refractivity contribution < 1.29 is 0 Å². The van der Waals surface area contributed by atoms with E-state index in [0.717, 1.165) is 10.7 Å². The Morgan fingerprint density at radius 2 is 2.33 bits per heavy atom. The van der Waals surface area contributed by atoms with Crippen molar-refractivity contribution in [2.45, 2.75) is 5.03 Å². The summed E-state index contributed by atoms with van der Waals surface area (Å²) in [7, 11) is 1.86. The largest absolute Gasteiger partial charge is 0.387 e. The van der Waals surface area contributed by atoms with Crippen molar-refractivity contribution in [1.29, 1.82) is 0 Å². The van der Waals surface area contributed by atoms with Crippen LogP contribution in [0.15, 0.2) is 23.4 Å². The fourth-order valence-electron chi connectivity index (χ4n) is 0.534. The summed E-state index contributed by atoms with van der Waals surface area (Å²) in [6.07, 6.45) is 1.74. The zero-order chi connectivity index (χ0) is 6.69. The van der Waals surface area contributed by atoms with Crippen LogP contribution in [0.5, 0.6) is 0 Å². The lowest BCUT2D eigenvalue weighted by atomic mass is 10.4. The van der Waals surface area contributed by atoms with Crippen LogP contribution in [0, 0.1) is 0 Å². The maximum Gasteiger partial charge on any atom is 0.0930 e. The molecular weight excluding hydrogens is 132 g/mol. The SMILES string of the molecule is CNc1ccc(S)nc1. The first-order valence-corrected chi connectivity index (χ1v) is 3.10. The normalized spacial score (nSPS) is 9.11. The minimum absolute atomic E-state index is 0.744. The van der Waals surface area contributed by atoms with Crippen molar-refractivity contribution in [1.82, 2.24) is 4.98 Å². The van der Waals surface area contributed by atoms with E-state index in [1.165, 1.54) is 0 Å². The number of pyridine rings is 1. The Bertz CT molecular complexity index is 183. The maximum atomic E-state index is 4.03. The lowest BCUT2D eigenvalue weighted by molar-refractivity contribution is 1.14. The second-order valence-electron chi connectivity index (χ2n) is 1.66. The van der Waals surface area contributed by atoms with Crippen LogP contribution in [0.2, 0.25) is 0 Å². The Hall–Kier alpha value is -0.700. The molecule has 1 rings (SSSR count). The van der Waals surface area contributed by atoms with Gasteiger partial charge in [0, 0.05) is 7.05 Å². The molecule has 0 saturated carbocycles. The molecule has 0 radical (unpaired) electrons. The first-order valence-electron chi connectivity index (χ1n) is 2.65. The van der Waals surface area contributed by atoms with Crippen molar-refractivity contribution >= 4 is 18.3 Å². The van der Waals surface area contributed by atoms with E-state index in [-0.39, 0.29) is 0 Å². The van der Waals surface area contributed by atoms with E-state index in [9.17, 15) is 0 Å². The number of anilines is 1. The number of thiol groups is 1. The molecule has 0 aromatic carbocycles. The molecule has 0 spiro atoms. The van der Waals surface area contributed by atoms with Crippen LogP contribution in [0.4, 0.5) is 5.69 Å². The van der Waals surface area contributed by atoms with Crippen molar-refractivity contribution in [3.63, 3.8) is 0 Å². The number of rotatable bonds is 1. The average molecular weight is 140 g/mol. The molecule has 1 aromatic rings. The van der Waals surface area contributed by atoms with Gasteiger partial charge in [-0.2, -0.15) is 0 Å². The molecule has 0 aliphatic carbocycles. The molecule has 48 valence electrons. The van der Waals surface area contributed by atoms with E-state index in [1.54, 1.807) is 6.20 Å². The van der Waals surface area contributed by atoms with Gasteiger partial charge in [-0.05, 0) is 12.1 Å². The standard InChI is InChI=1S/C6H8N2S/c1-7-5-2-3-6(9)8-4-5/h2-4,7H,1H3,(H,8,9). The Kier molecular flexibility index (Phi) is 1.95. The van der Waals surface area contributed by atoms with Crippen molar-refractivity contribution in [3.8, 4) is 0 Å². The van der Waals surface area contributed by atoms with E-state index >= 15 is 0 Å². The molecule has 0 unspecified atom stereocenters. The van der Waals surface area contributed by atoms with Gasteiger partial charge in [0.25, 0.3) is 0 Å². The summed E-state index contributed by atoms with van der Waals surface area (Å²) in [6, 6.07) is 3.77. The summed E-state index contributed by atoms with van der Waals surface area (Å²) in [5.41, 5.74) is 1.01. The van der Waals surface area contributed by atoms with E-state index < -0.39 is 0 Å². The highest BCUT2D eigenvalue weighted by atomic mass is 32.1. The van der Waals surface area contributed by atoms with Crippen molar-refractivity contribution in [3.05, 3.63) is 18.3 Å². The third kappa shape index (κ3) is 1.61. The zero-order valence-electron chi connectivity index (χ0n) is 5.13. The summed E-state index contributed by atoms with van der Waals surface area (Å²) in [5.74, 6) is 0. The summed E-state index contributed by atoms with van der Waals surface area (Å²) in [4.78, 5) is 3.95. The third-order valence-corrected chi connectivity index (χ3v) is 1.30. The van der Waals surface area contributed by atoms with E-state index in [1.807, 2.05) is 19.2 Å². The summed E-state index contributed by atoms with van der Waals surface area (Å²) >= 11 is 4.03. The topological polar surface area (TPSA) is 24.9 Å². The smallest absolute Gasteiger partial charge is 0.0930 e. The van der Waals surface area contributed by atoms with Gasteiger partial charge in [-0.3, -0.25) is 0 Å². The van der Waals surface area contributed by atoms with Crippen LogP contribution < -0.4 is 5.32 Å². The van der Waals surface area contributed by atoms with Crippen LogP contribution in [0.1, 0.15) is 0 Å². The van der Waals surface area contributed by atoms with Gasteiger partial charge in [-0.15, -0.1) is 12.6 Å². The number of aromatic nitrogens is 1. The van der Waals surface area contributed by atoms with Gasteiger partial charge in [-0.25, -0.2) is 4.98 Å². The Morgan fingerprint density at radius 3 is 2.78 bits per heavy atom. The summed E-state index contributed by atoms with van der Waals surface area (Å²) in [6.45, 7) is 0. The monoisotopic (exact) mass is 140 g/mol. The highest BCUT2D eigenvalue weighted by Gasteiger charge is 1.85. The predicted molar refractivity (Wildman–Crippen MR) is 41.0 cm³/mol. The lowest BCUT2D eigenvalue weighted by Crippen LogP contribution is -1.87. The second-order valence-corrected chi connectivity index (χ2v) is 2.11. The van der Waals surface area contributed by atoms with Gasteiger partial charge in [0.15, 0.2) is 0 Å². The summed E-state index contributed by atoms with van der Waals surface area (Å²) in [5, 5.41) is 3.70. The summed E-state index contributed by atoms with van der Waals surface area (Å²) < 4.78 is 0. The van der Waals surface area contributed by atoms with E-state index in [4.69, 9.17) is 0 Å². The fraction of sp³-hybridized carbons (Fsp3) is 0.167. The number of nitrogens with one attached hydrogen (secondary N) is 1. The lowest BCUT2D eigenvalue weighted by Gasteiger charge is -1.96. The Morgan fingerprint density at radius 1 is 1.56 bits per heavy atom. The van der Waals surface area contributed by atoms with Gasteiger partial charge < -0.3 is 5.32 Å². The van der Waals surface area contributed by atoms with Gasteiger partial charge in [0.1, 0.15) is 0 Å². The molecule has 0 atom stereocenters. The van der Waals surface area contributed by atoms with Crippen molar-refractivity contribution in [2.24, 2.45) is 0 Å². The molecule has 0 aliphatic rings. The highest BCUT2D eigenvalue weighted by Crippen LogP contribution is 2.06. The first kappa shape index (κ1) is 6.42. The molecule has 2 nitrogen and oxygen atoms in total. The molecule has 0 amide bonds. The molecular formula is C6H8N2S. The van der Waals surface area contributed by atoms with Crippen LogP contribution in [0.3, 0.4) is 0 Å². The molecule has 1 aromatic heterocycles. The molecule has 0 aliphatic heterocycles. The van der Waals surface area contributed by atoms with E-state index in [2.05, 4.69) is 22.9 Å². The van der Waals surface area contributed by atoms with Crippen LogP contribution >= 0.6 is 12.6 Å². The molecule has 1 heterocycles. The van der Waals surface area contributed by atoms with Crippen molar-refractivity contribution in [2.75, 3.05) is 12.4 Å². The predicted octanol–water partition coefficient (Wildman–Crippen LogP) is 1.41. The quantitative estimate of drug-likeness (QED) is 0.576. The third-order valence-electron chi connectivity index (χ3n) is 1.04. The van der Waals surface area contributed by atoms with Gasteiger partial charge >= 0.3 is 0 Å². The molecule has 0 saturated heterocycles. The average Bonchev–Trinajstić information content (AvgIpc) is 1.90. The number of hydrogen-bond donors (Lipinski definition) is 2. The van der Waals surface area contributed by atoms with Crippen LogP contribution in [0.25, 0.3) is 0 Å². The molecule has 1 N–H and O–H groups in total. The highest BCUT2D eigenvalue weighted by molar-refractivity contribution is 7.80. The fourth-order valence-corrected chi connectivity index (χ4v) is 0.666. The van der Waals surface area contributed by atoms with Gasteiger partial charge in [-0.1, -0.05) is 0 Å². The second kappa shape index (κ2) is 2.73. The van der Waals surface area contributed by atoms with Gasteiger partial charge in [0.05, 0.1) is 16.9 Å². The van der Waals surface area contributed by atoms with Gasteiger partial charge in [0.2, 0.25) is 0 Å². The minimum Gasteiger partial charge on any atom is -0.387 e. The van der Waals surface area contributed by atoms with Crippen LogP contribution in [-0.4, -0.2) is 12.0 Å². The number of hydrogen-bond acceptors (Lipinski definition) is 3. The Labute approximate surface area is 59.7 Å². The van der Waals surface area contributed by atoms with Crippen LogP contribution in [-0.2, 0) is 0 Å². The first-order chi connectivity index (χ1) is 4.33. The number of nitrogens with zero attached hydrogens (tertiary/aromatic N) is 1. The Balaban J connectivity index is 2.88. The molecule has 3 heteroatoms.